The third-order valence-corrected chi connectivity index (χ3v) is 4.23. The first-order chi connectivity index (χ1) is 9.38. The van der Waals surface area contributed by atoms with Crippen LogP contribution >= 0.6 is 0 Å². The lowest BCUT2D eigenvalue weighted by molar-refractivity contribution is -0.132. The summed E-state index contributed by atoms with van der Waals surface area (Å²) in [6.07, 6.45) is 3.68. The SMILES string of the molecule is C[C@H](CC(=O)N1C[C@H](C)C(C)(C)C1)Oc1ccncc1. The van der Waals surface area contributed by atoms with Crippen LogP contribution in [0.25, 0.3) is 0 Å². The molecule has 0 saturated carbocycles. The summed E-state index contributed by atoms with van der Waals surface area (Å²) in [4.78, 5) is 18.2. The van der Waals surface area contributed by atoms with Crippen molar-refractivity contribution in [1.29, 1.82) is 0 Å². The number of rotatable bonds is 4. The number of ether oxygens (including phenoxy) is 1. The molecule has 0 spiro atoms. The lowest BCUT2D eigenvalue weighted by Crippen LogP contribution is -2.33. The summed E-state index contributed by atoms with van der Waals surface area (Å²) >= 11 is 0. The van der Waals surface area contributed by atoms with Crippen molar-refractivity contribution in [3.8, 4) is 5.75 Å². The minimum atomic E-state index is -0.121. The van der Waals surface area contributed by atoms with Crippen molar-refractivity contribution in [1.82, 2.24) is 9.88 Å². The lowest BCUT2D eigenvalue weighted by atomic mass is 9.84. The Morgan fingerprint density at radius 3 is 2.70 bits per heavy atom. The van der Waals surface area contributed by atoms with E-state index in [9.17, 15) is 4.79 Å². The highest BCUT2D eigenvalue weighted by Gasteiger charge is 2.38. The van der Waals surface area contributed by atoms with Gasteiger partial charge in [-0.05, 0) is 30.4 Å². The largest absolute Gasteiger partial charge is 0.490 e. The molecule has 0 aliphatic carbocycles. The zero-order valence-corrected chi connectivity index (χ0v) is 12.8. The Morgan fingerprint density at radius 1 is 1.50 bits per heavy atom. The van der Waals surface area contributed by atoms with Crippen LogP contribution in [0.1, 0.15) is 34.1 Å². The Hall–Kier alpha value is -1.58. The van der Waals surface area contributed by atoms with Crippen molar-refractivity contribution in [2.75, 3.05) is 13.1 Å². The van der Waals surface area contributed by atoms with Gasteiger partial charge in [0.25, 0.3) is 0 Å². The van der Waals surface area contributed by atoms with Crippen LogP contribution in [-0.4, -0.2) is 35.0 Å². The summed E-state index contributed by atoms with van der Waals surface area (Å²) in [5.41, 5.74) is 0.213. The van der Waals surface area contributed by atoms with E-state index < -0.39 is 0 Å². The van der Waals surface area contributed by atoms with Gasteiger partial charge in [-0.1, -0.05) is 20.8 Å². The van der Waals surface area contributed by atoms with Gasteiger partial charge in [0.05, 0.1) is 6.42 Å². The van der Waals surface area contributed by atoms with Crippen LogP contribution in [0.2, 0.25) is 0 Å². The summed E-state index contributed by atoms with van der Waals surface area (Å²) in [5, 5.41) is 0. The normalized spacial score (nSPS) is 22.6. The first-order valence-electron chi connectivity index (χ1n) is 7.23. The smallest absolute Gasteiger partial charge is 0.226 e. The topological polar surface area (TPSA) is 42.4 Å². The van der Waals surface area contributed by atoms with E-state index in [2.05, 4.69) is 25.8 Å². The third-order valence-electron chi connectivity index (χ3n) is 4.23. The number of likely N-dealkylation sites (tertiary alicyclic amines) is 1. The van der Waals surface area contributed by atoms with Crippen molar-refractivity contribution in [3.63, 3.8) is 0 Å². The molecular weight excluding hydrogens is 252 g/mol. The van der Waals surface area contributed by atoms with Crippen LogP contribution in [0.15, 0.2) is 24.5 Å². The van der Waals surface area contributed by atoms with Gasteiger partial charge in [0.1, 0.15) is 11.9 Å². The predicted octanol–water partition coefficient (Wildman–Crippen LogP) is 2.74. The second-order valence-corrected chi connectivity index (χ2v) is 6.48. The summed E-state index contributed by atoms with van der Waals surface area (Å²) in [7, 11) is 0. The molecule has 0 aromatic carbocycles. The Labute approximate surface area is 121 Å². The number of carbonyl (C=O) groups excluding carboxylic acids is 1. The molecule has 1 amide bonds. The molecule has 1 saturated heterocycles. The van der Waals surface area contributed by atoms with Gasteiger partial charge in [0.15, 0.2) is 0 Å². The molecule has 0 bridgehead atoms. The average molecular weight is 276 g/mol. The third kappa shape index (κ3) is 3.50. The van der Waals surface area contributed by atoms with E-state index in [4.69, 9.17) is 4.74 Å². The van der Waals surface area contributed by atoms with Crippen molar-refractivity contribution < 1.29 is 9.53 Å². The maximum atomic E-state index is 12.3. The zero-order chi connectivity index (χ0) is 14.8. The second-order valence-electron chi connectivity index (χ2n) is 6.48. The van der Waals surface area contributed by atoms with Crippen LogP contribution in [0, 0.1) is 11.3 Å². The van der Waals surface area contributed by atoms with Crippen LogP contribution in [0.4, 0.5) is 0 Å². The predicted molar refractivity (Wildman–Crippen MR) is 78.5 cm³/mol. The van der Waals surface area contributed by atoms with Crippen molar-refractivity contribution in [3.05, 3.63) is 24.5 Å². The fraction of sp³-hybridized carbons (Fsp3) is 0.625. The highest BCUT2D eigenvalue weighted by atomic mass is 16.5. The minimum absolute atomic E-state index is 0.121. The molecule has 0 radical (unpaired) electrons. The Balaban J connectivity index is 1.86. The molecule has 20 heavy (non-hydrogen) atoms. The van der Waals surface area contributed by atoms with Gasteiger partial charge in [-0.15, -0.1) is 0 Å². The summed E-state index contributed by atoms with van der Waals surface area (Å²) in [6, 6.07) is 3.62. The molecule has 4 nitrogen and oxygen atoms in total. The zero-order valence-electron chi connectivity index (χ0n) is 12.8. The molecule has 110 valence electrons. The fourth-order valence-electron chi connectivity index (χ4n) is 2.55. The number of hydrogen-bond acceptors (Lipinski definition) is 3. The Morgan fingerprint density at radius 2 is 2.15 bits per heavy atom. The lowest BCUT2D eigenvalue weighted by Gasteiger charge is -2.23. The fourth-order valence-corrected chi connectivity index (χ4v) is 2.55. The molecule has 1 fully saturated rings. The van der Waals surface area contributed by atoms with Crippen LogP contribution < -0.4 is 4.74 Å². The summed E-state index contributed by atoms with van der Waals surface area (Å²) < 4.78 is 5.74. The van der Waals surface area contributed by atoms with E-state index in [0.29, 0.717) is 12.3 Å². The van der Waals surface area contributed by atoms with Gasteiger partial charge in [-0.3, -0.25) is 9.78 Å². The number of aromatic nitrogens is 1. The van der Waals surface area contributed by atoms with Gasteiger partial charge in [-0.25, -0.2) is 0 Å². The van der Waals surface area contributed by atoms with E-state index in [1.54, 1.807) is 12.4 Å². The number of nitrogens with zero attached hydrogens (tertiary/aromatic N) is 2. The van der Waals surface area contributed by atoms with E-state index >= 15 is 0 Å². The monoisotopic (exact) mass is 276 g/mol. The van der Waals surface area contributed by atoms with Crippen LogP contribution in [0.5, 0.6) is 5.75 Å². The Bertz CT molecular complexity index is 459. The molecule has 1 aromatic heterocycles. The molecule has 2 rings (SSSR count). The van der Waals surface area contributed by atoms with E-state index in [1.165, 1.54) is 0 Å². The number of pyridine rings is 1. The maximum absolute atomic E-state index is 12.3. The van der Waals surface area contributed by atoms with Gasteiger partial charge in [0, 0.05) is 25.5 Å². The molecule has 1 aliphatic rings. The Kier molecular flexibility index (Phi) is 4.31. The highest BCUT2D eigenvalue weighted by molar-refractivity contribution is 5.77. The second kappa shape index (κ2) is 5.81. The molecule has 1 aliphatic heterocycles. The van der Waals surface area contributed by atoms with Crippen LogP contribution in [0.3, 0.4) is 0 Å². The van der Waals surface area contributed by atoms with E-state index in [1.807, 2.05) is 24.0 Å². The number of carbonyl (C=O) groups is 1. The van der Waals surface area contributed by atoms with E-state index in [-0.39, 0.29) is 17.4 Å². The van der Waals surface area contributed by atoms with Crippen molar-refractivity contribution >= 4 is 5.91 Å². The molecule has 0 unspecified atom stereocenters. The standard InChI is InChI=1S/C16H24N2O2/c1-12-10-18(11-16(12,3)4)15(19)9-13(2)20-14-5-7-17-8-6-14/h5-8,12-13H,9-11H2,1-4H3/t12-,13+/m0/s1. The molecule has 4 heteroatoms. The van der Waals surface area contributed by atoms with E-state index in [0.717, 1.165) is 18.8 Å². The van der Waals surface area contributed by atoms with Gasteiger partial charge in [0.2, 0.25) is 5.91 Å². The first-order valence-corrected chi connectivity index (χ1v) is 7.23. The maximum Gasteiger partial charge on any atom is 0.226 e. The van der Waals surface area contributed by atoms with Crippen molar-refractivity contribution in [2.45, 2.75) is 40.2 Å². The van der Waals surface area contributed by atoms with Gasteiger partial charge >= 0.3 is 0 Å². The molecule has 2 heterocycles. The average Bonchev–Trinajstić information content (AvgIpc) is 2.65. The van der Waals surface area contributed by atoms with Gasteiger partial charge < -0.3 is 9.64 Å². The number of hydrogen-bond donors (Lipinski definition) is 0. The molecule has 0 N–H and O–H groups in total. The minimum Gasteiger partial charge on any atom is -0.490 e. The van der Waals surface area contributed by atoms with Crippen LogP contribution in [-0.2, 0) is 4.79 Å². The molecule has 2 atom stereocenters. The number of amides is 1. The highest BCUT2D eigenvalue weighted by Crippen LogP contribution is 2.34. The molecular formula is C16H24N2O2. The van der Waals surface area contributed by atoms with Crippen molar-refractivity contribution in [2.24, 2.45) is 11.3 Å². The molecule has 1 aromatic rings. The summed E-state index contributed by atoms with van der Waals surface area (Å²) in [5.74, 6) is 1.49. The summed E-state index contributed by atoms with van der Waals surface area (Å²) in [6.45, 7) is 10.3. The van der Waals surface area contributed by atoms with Gasteiger partial charge in [-0.2, -0.15) is 0 Å². The quantitative estimate of drug-likeness (QED) is 0.849. The first kappa shape index (κ1) is 14.8.